The van der Waals surface area contributed by atoms with Crippen LogP contribution in [0.15, 0.2) is 185 Å². The van der Waals surface area contributed by atoms with E-state index in [0.29, 0.717) is 11.4 Å². The molecule has 0 spiro atoms. The number of fused-ring (bicyclic) bond motifs is 11. The third-order valence-corrected chi connectivity index (χ3v) is 11.0. The summed E-state index contributed by atoms with van der Waals surface area (Å²) in [5, 5.41) is 7.80. The SMILES string of the molecule is c1ccc(-c2ccc(-c3nc(-c4cc(-n5c6ccccc6c6c7ccccc7ccc65)cc5oc6ccccc6c45)nc4c3oc3ccccc34)cc2)cc1. The van der Waals surface area contributed by atoms with Gasteiger partial charge in [0.1, 0.15) is 28.0 Å². The molecule has 0 saturated heterocycles. The lowest BCUT2D eigenvalue weighted by Gasteiger charge is -2.12. The highest BCUT2D eigenvalue weighted by Gasteiger charge is 2.23. The van der Waals surface area contributed by atoms with Crippen LogP contribution in [0.25, 0.3) is 116 Å². The number of hydrogen-bond acceptors (Lipinski definition) is 4. The molecule has 5 heteroatoms. The Hall–Kier alpha value is -7.50. The summed E-state index contributed by atoms with van der Waals surface area (Å²) in [6, 6.07) is 61.4. The molecule has 0 aliphatic heterocycles. The van der Waals surface area contributed by atoms with Gasteiger partial charge in [0.25, 0.3) is 0 Å². The van der Waals surface area contributed by atoms with Gasteiger partial charge in [0.05, 0.1) is 16.7 Å². The molecule has 0 radical (unpaired) electrons. The Morgan fingerprint density at radius 3 is 1.91 bits per heavy atom. The molecule has 4 heterocycles. The van der Waals surface area contributed by atoms with Gasteiger partial charge in [-0.15, -0.1) is 0 Å². The van der Waals surface area contributed by atoms with Crippen molar-refractivity contribution in [3.63, 3.8) is 0 Å². The molecule has 12 rings (SSSR count). The molecule has 0 N–H and O–H groups in total. The second-order valence-electron chi connectivity index (χ2n) is 14.1. The molecule has 0 amide bonds. The van der Waals surface area contributed by atoms with Gasteiger partial charge in [-0.1, -0.05) is 133 Å². The third-order valence-electron chi connectivity index (χ3n) is 11.0. The van der Waals surface area contributed by atoms with Crippen molar-refractivity contribution in [3.8, 4) is 39.5 Å². The molecule has 12 aromatic rings. The van der Waals surface area contributed by atoms with Gasteiger partial charge in [-0.25, -0.2) is 9.97 Å². The van der Waals surface area contributed by atoms with E-state index in [1.807, 2.05) is 36.4 Å². The second-order valence-corrected chi connectivity index (χ2v) is 14.1. The van der Waals surface area contributed by atoms with Crippen LogP contribution in [0.2, 0.25) is 0 Å². The minimum absolute atomic E-state index is 0.603. The van der Waals surface area contributed by atoms with Gasteiger partial charge in [0.15, 0.2) is 11.4 Å². The predicted molar refractivity (Wildman–Crippen MR) is 225 cm³/mol. The summed E-state index contributed by atoms with van der Waals surface area (Å²) >= 11 is 0. The Kier molecular flexibility index (Phi) is 6.27. The Labute approximate surface area is 314 Å². The second kappa shape index (κ2) is 11.5. The summed E-state index contributed by atoms with van der Waals surface area (Å²) in [7, 11) is 0. The maximum absolute atomic E-state index is 6.67. The van der Waals surface area contributed by atoms with Crippen LogP contribution in [0.1, 0.15) is 0 Å². The first-order chi connectivity index (χ1) is 27.3. The van der Waals surface area contributed by atoms with E-state index in [1.54, 1.807) is 0 Å². The molecule has 5 nitrogen and oxygen atoms in total. The first-order valence-corrected chi connectivity index (χ1v) is 18.5. The van der Waals surface area contributed by atoms with Crippen molar-refractivity contribution in [2.45, 2.75) is 0 Å². The predicted octanol–water partition coefficient (Wildman–Crippen LogP) is 13.5. The number of benzene rings is 8. The van der Waals surface area contributed by atoms with E-state index >= 15 is 0 Å². The van der Waals surface area contributed by atoms with Crippen LogP contribution >= 0.6 is 0 Å². The summed E-state index contributed by atoms with van der Waals surface area (Å²) in [5.41, 5.74) is 11.9. The van der Waals surface area contributed by atoms with E-state index in [2.05, 4.69) is 144 Å². The molecule has 0 aliphatic rings. The van der Waals surface area contributed by atoms with E-state index in [1.165, 1.54) is 21.5 Å². The number of rotatable bonds is 4. The van der Waals surface area contributed by atoms with Crippen molar-refractivity contribution in [2.75, 3.05) is 0 Å². The fourth-order valence-electron chi connectivity index (χ4n) is 8.52. The van der Waals surface area contributed by atoms with Crippen molar-refractivity contribution in [3.05, 3.63) is 176 Å². The average molecular weight is 704 g/mol. The van der Waals surface area contributed by atoms with Gasteiger partial charge in [0.2, 0.25) is 0 Å². The molecule has 0 aliphatic carbocycles. The topological polar surface area (TPSA) is 57.0 Å². The number of furan rings is 2. The zero-order valence-corrected chi connectivity index (χ0v) is 29.4. The number of para-hydroxylation sites is 3. The molecule has 4 aromatic heterocycles. The summed E-state index contributed by atoms with van der Waals surface area (Å²) in [5.74, 6) is 0.603. The minimum atomic E-state index is 0.603. The van der Waals surface area contributed by atoms with Crippen LogP contribution in [-0.2, 0) is 0 Å². The summed E-state index contributed by atoms with van der Waals surface area (Å²) in [4.78, 5) is 10.8. The summed E-state index contributed by atoms with van der Waals surface area (Å²) in [6.07, 6.45) is 0. The quantitative estimate of drug-likeness (QED) is 0.183. The van der Waals surface area contributed by atoms with Crippen LogP contribution in [0.3, 0.4) is 0 Å². The largest absolute Gasteiger partial charge is 0.456 e. The Morgan fingerprint density at radius 2 is 1.07 bits per heavy atom. The standard InChI is InChI=1S/C50H29N3O2/c1-2-12-30(13-3-1)31-22-24-33(25-23-31)47-49-48(38-18-8-11-21-43(38)55-49)52-50(51-47)39-28-34(29-44-46(39)37-17-7-10-20-42(37)54-44)53-40-19-9-6-16-36(40)45-35-15-5-4-14-32(35)26-27-41(45)53/h1-29H. The van der Waals surface area contributed by atoms with Crippen molar-refractivity contribution in [1.29, 1.82) is 0 Å². The van der Waals surface area contributed by atoms with E-state index < -0.39 is 0 Å². The Bertz CT molecular complexity index is 3480. The molecule has 55 heavy (non-hydrogen) atoms. The number of nitrogens with zero attached hydrogens (tertiary/aromatic N) is 3. The normalized spacial score (nSPS) is 12.0. The summed E-state index contributed by atoms with van der Waals surface area (Å²) in [6.45, 7) is 0. The zero-order valence-electron chi connectivity index (χ0n) is 29.4. The highest BCUT2D eigenvalue weighted by molar-refractivity contribution is 6.22. The zero-order chi connectivity index (χ0) is 36.0. The lowest BCUT2D eigenvalue weighted by molar-refractivity contribution is 0.667. The fraction of sp³-hybridized carbons (Fsp3) is 0. The lowest BCUT2D eigenvalue weighted by Crippen LogP contribution is -1.98. The molecule has 0 unspecified atom stereocenters. The van der Waals surface area contributed by atoms with Gasteiger partial charge in [-0.05, 0) is 58.3 Å². The Morgan fingerprint density at radius 1 is 0.418 bits per heavy atom. The van der Waals surface area contributed by atoms with Gasteiger partial charge < -0.3 is 13.4 Å². The molecule has 0 atom stereocenters. The number of aromatic nitrogens is 3. The third kappa shape index (κ3) is 4.47. The van der Waals surface area contributed by atoms with E-state index in [0.717, 1.165) is 83.1 Å². The monoisotopic (exact) mass is 703 g/mol. The minimum Gasteiger partial charge on any atom is -0.456 e. The van der Waals surface area contributed by atoms with Crippen molar-refractivity contribution in [2.24, 2.45) is 0 Å². The van der Waals surface area contributed by atoms with E-state index in [4.69, 9.17) is 18.8 Å². The van der Waals surface area contributed by atoms with Crippen LogP contribution in [-0.4, -0.2) is 14.5 Å². The molecule has 256 valence electrons. The van der Waals surface area contributed by atoms with Gasteiger partial charge in [-0.2, -0.15) is 0 Å². The molecule has 8 aromatic carbocycles. The molecule has 0 fully saturated rings. The van der Waals surface area contributed by atoms with Crippen molar-refractivity contribution < 1.29 is 8.83 Å². The molecule has 0 saturated carbocycles. The first-order valence-electron chi connectivity index (χ1n) is 18.5. The highest BCUT2D eigenvalue weighted by Crippen LogP contribution is 2.43. The molecule has 0 bridgehead atoms. The van der Waals surface area contributed by atoms with E-state index in [9.17, 15) is 0 Å². The first kappa shape index (κ1) is 30.0. The lowest BCUT2D eigenvalue weighted by atomic mass is 10.0. The van der Waals surface area contributed by atoms with Crippen LogP contribution in [0.5, 0.6) is 0 Å². The van der Waals surface area contributed by atoms with Gasteiger partial charge in [0, 0.05) is 44.1 Å². The summed E-state index contributed by atoms with van der Waals surface area (Å²) < 4.78 is 15.6. The van der Waals surface area contributed by atoms with Crippen molar-refractivity contribution >= 4 is 76.6 Å². The number of hydrogen-bond donors (Lipinski definition) is 0. The maximum Gasteiger partial charge on any atom is 0.180 e. The van der Waals surface area contributed by atoms with Gasteiger partial charge >= 0.3 is 0 Å². The van der Waals surface area contributed by atoms with Gasteiger partial charge in [-0.3, -0.25) is 0 Å². The van der Waals surface area contributed by atoms with Crippen LogP contribution in [0.4, 0.5) is 0 Å². The fourth-order valence-corrected chi connectivity index (χ4v) is 8.52. The van der Waals surface area contributed by atoms with Crippen LogP contribution in [0, 0.1) is 0 Å². The van der Waals surface area contributed by atoms with E-state index in [-0.39, 0.29) is 0 Å². The molecular formula is C50H29N3O2. The highest BCUT2D eigenvalue weighted by atomic mass is 16.3. The average Bonchev–Trinajstić information content (AvgIpc) is 3.93. The van der Waals surface area contributed by atoms with Crippen LogP contribution < -0.4 is 0 Å². The maximum atomic E-state index is 6.67. The molecular weight excluding hydrogens is 675 g/mol. The Balaban J connectivity index is 1.17. The van der Waals surface area contributed by atoms with Crippen molar-refractivity contribution in [1.82, 2.24) is 14.5 Å². The smallest absolute Gasteiger partial charge is 0.180 e.